The molecule has 6 heteroatoms. The Labute approximate surface area is 142 Å². The number of carbonyl (C=O) groups is 3. The number of amides is 2. The molecule has 2 amide bonds. The van der Waals surface area contributed by atoms with Crippen LogP contribution < -0.4 is 5.32 Å². The number of likely N-dealkylation sites (tertiary alicyclic amines) is 1. The van der Waals surface area contributed by atoms with Gasteiger partial charge >= 0.3 is 0 Å². The number of ketones is 1. The highest BCUT2D eigenvalue weighted by atomic mass is 16.2. The van der Waals surface area contributed by atoms with Gasteiger partial charge in [-0.15, -0.1) is 0 Å². The van der Waals surface area contributed by atoms with Crippen LogP contribution in [0.2, 0.25) is 0 Å². The minimum Gasteiger partial charge on any atom is -0.342 e. The summed E-state index contributed by atoms with van der Waals surface area (Å²) in [5.74, 6) is -0.429. The van der Waals surface area contributed by atoms with Crippen LogP contribution in [0.5, 0.6) is 0 Å². The molecule has 1 heterocycles. The van der Waals surface area contributed by atoms with E-state index in [9.17, 15) is 14.4 Å². The minimum absolute atomic E-state index is 0.0115. The summed E-state index contributed by atoms with van der Waals surface area (Å²) < 4.78 is 0. The number of hydrogen-bond acceptors (Lipinski definition) is 4. The van der Waals surface area contributed by atoms with Crippen molar-refractivity contribution in [3.8, 4) is 0 Å². The van der Waals surface area contributed by atoms with Crippen LogP contribution in [0.1, 0.15) is 30.1 Å². The van der Waals surface area contributed by atoms with Crippen molar-refractivity contribution in [1.29, 1.82) is 0 Å². The third-order valence-electron chi connectivity index (χ3n) is 4.18. The van der Waals surface area contributed by atoms with Crippen molar-refractivity contribution in [1.82, 2.24) is 9.80 Å². The second kappa shape index (κ2) is 8.06. The van der Waals surface area contributed by atoms with Crippen molar-refractivity contribution in [2.24, 2.45) is 5.92 Å². The monoisotopic (exact) mass is 331 g/mol. The zero-order valence-electron chi connectivity index (χ0n) is 14.5. The second-order valence-electron chi connectivity index (χ2n) is 6.52. The van der Waals surface area contributed by atoms with Crippen LogP contribution in [-0.4, -0.2) is 61.1 Å². The van der Waals surface area contributed by atoms with Crippen molar-refractivity contribution in [3.05, 3.63) is 29.8 Å². The Morgan fingerprint density at radius 1 is 1.25 bits per heavy atom. The third kappa shape index (κ3) is 4.89. The van der Waals surface area contributed by atoms with Gasteiger partial charge in [0.05, 0.1) is 5.92 Å². The SMILES string of the molecule is CC(=O)c1ccc(NC(=O)C2CC(=O)N(CCCN(C)C)C2)cc1. The Bertz CT molecular complexity index is 610. The largest absolute Gasteiger partial charge is 0.342 e. The molecule has 0 aromatic heterocycles. The van der Waals surface area contributed by atoms with E-state index in [0.29, 0.717) is 24.3 Å². The lowest BCUT2D eigenvalue weighted by Crippen LogP contribution is -2.30. The summed E-state index contributed by atoms with van der Waals surface area (Å²) in [6.07, 6.45) is 1.17. The number of carbonyl (C=O) groups excluding carboxylic acids is 3. The molecule has 1 aromatic rings. The summed E-state index contributed by atoms with van der Waals surface area (Å²) in [6.45, 7) is 3.59. The summed E-state index contributed by atoms with van der Waals surface area (Å²) in [7, 11) is 4.00. The number of benzene rings is 1. The van der Waals surface area contributed by atoms with Gasteiger partial charge in [0.15, 0.2) is 5.78 Å². The average Bonchev–Trinajstić information content (AvgIpc) is 2.89. The topological polar surface area (TPSA) is 69.7 Å². The van der Waals surface area contributed by atoms with Gasteiger partial charge in [0.25, 0.3) is 0 Å². The second-order valence-corrected chi connectivity index (χ2v) is 6.52. The summed E-state index contributed by atoms with van der Waals surface area (Å²) >= 11 is 0. The first-order valence-corrected chi connectivity index (χ1v) is 8.21. The molecule has 1 aliphatic heterocycles. The summed E-state index contributed by atoms with van der Waals surface area (Å²) in [6, 6.07) is 6.79. The van der Waals surface area contributed by atoms with Crippen molar-refractivity contribution in [3.63, 3.8) is 0 Å². The van der Waals surface area contributed by atoms with Crippen molar-refractivity contribution in [2.75, 3.05) is 39.0 Å². The smallest absolute Gasteiger partial charge is 0.229 e. The minimum atomic E-state index is -0.315. The van der Waals surface area contributed by atoms with E-state index >= 15 is 0 Å². The maximum absolute atomic E-state index is 12.3. The Hall–Kier alpha value is -2.21. The molecule has 1 unspecified atom stereocenters. The third-order valence-corrected chi connectivity index (χ3v) is 4.18. The summed E-state index contributed by atoms with van der Waals surface area (Å²) in [4.78, 5) is 39.5. The molecular weight excluding hydrogens is 306 g/mol. The van der Waals surface area contributed by atoms with Gasteiger partial charge in [-0.05, 0) is 58.3 Å². The van der Waals surface area contributed by atoms with Gasteiger partial charge in [0, 0.05) is 30.8 Å². The summed E-state index contributed by atoms with van der Waals surface area (Å²) in [5.41, 5.74) is 1.25. The van der Waals surface area contributed by atoms with Crippen LogP contribution in [0.15, 0.2) is 24.3 Å². The maximum Gasteiger partial charge on any atom is 0.229 e. The first kappa shape index (κ1) is 18.1. The van der Waals surface area contributed by atoms with Gasteiger partial charge in [-0.1, -0.05) is 0 Å². The highest BCUT2D eigenvalue weighted by Crippen LogP contribution is 2.20. The Morgan fingerprint density at radius 3 is 2.50 bits per heavy atom. The van der Waals surface area contributed by atoms with Crippen molar-refractivity contribution < 1.29 is 14.4 Å². The molecule has 24 heavy (non-hydrogen) atoms. The molecule has 0 spiro atoms. The van der Waals surface area contributed by atoms with Gasteiger partial charge < -0.3 is 15.1 Å². The molecule has 2 rings (SSSR count). The van der Waals surface area contributed by atoms with E-state index in [0.717, 1.165) is 13.0 Å². The highest BCUT2D eigenvalue weighted by Gasteiger charge is 2.33. The quantitative estimate of drug-likeness (QED) is 0.771. The van der Waals surface area contributed by atoms with Gasteiger partial charge in [0.1, 0.15) is 0 Å². The number of rotatable bonds is 7. The normalized spacial score (nSPS) is 17.4. The lowest BCUT2D eigenvalue weighted by Gasteiger charge is -2.18. The molecule has 1 N–H and O–H groups in total. The average molecular weight is 331 g/mol. The molecule has 1 saturated heterocycles. The predicted molar refractivity (Wildman–Crippen MR) is 92.9 cm³/mol. The molecule has 1 atom stereocenters. The molecule has 1 fully saturated rings. The van der Waals surface area contributed by atoms with E-state index in [1.165, 1.54) is 6.92 Å². The van der Waals surface area contributed by atoms with Gasteiger partial charge in [-0.25, -0.2) is 0 Å². The first-order chi connectivity index (χ1) is 11.4. The Morgan fingerprint density at radius 2 is 1.92 bits per heavy atom. The van der Waals surface area contributed by atoms with Crippen molar-refractivity contribution in [2.45, 2.75) is 19.8 Å². The van der Waals surface area contributed by atoms with Crippen LogP contribution in [-0.2, 0) is 9.59 Å². The zero-order chi connectivity index (χ0) is 17.7. The standard InChI is InChI=1S/C18H25N3O3/c1-13(22)14-5-7-16(8-6-14)19-18(24)15-11-17(23)21(12-15)10-4-9-20(2)3/h5-8,15H,4,9-12H2,1-3H3,(H,19,24). The summed E-state index contributed by atoms with van der Waals surface area (Å²) in [5, 5.41) is 2.83. The molecule has 6 nitrogen and oxygen atoms in total. The van der Waals surface area contributed by atoms with Crippen LogP contribution in [0.4, 0.5) is 5.69 Å². The Kier molecular flexibility index (Phi) is 6.09. The molecule has 0 saturated carbocycles. The fourth-order valence-corrected chi connectivity index (χ4v) is 2.77. The van der Waals surface area contributed by atoms with E-state index in [1.54, 1.807) is 29.2 Å². The van der Waals surface area contributed by atoms with Crippen molar-refractivity contribution >= 4 is 23.3 Å². The Balaban J connectivity index is 1.86. The fourth-order valence-electron chi connectivity index (χ4n) is 2.77. The van der Waals surface area contributed by atoms with E-state index in [4.69, 9.17) is 0 Å². The van der Waals surface area contributed by atoms with E-state index < -0.39 is 0 Å². The molecule has 130 valence electrons. The first-order valence-electron chi connectivity index (χ1n) is 8.21. The van der Waals surface area contributed by atoms with Crippen LogP contribution in [0, 0.1) is 5.92 Å². The number of Topliss-reactive ketones (excluding diaryl/α,β-unsaturated/α-hetero) is 1. The lowest BCUT2D eigenvalue weighted by molar-refractivity contribution is -0.128. The number of nitrogens with zero attached hydrogens (tertiary/aromatic N) is 2. The zero-order valence-corrected chi connectivity index (χ0v) is 14.5. The number of anilines is 1. The van der Waals surface area contributed by atoms with Crippen LogP contribution in [0.3, 0.4) is 0 Å². The molecule has 0 radical (unpaired) electrons. The predicted octanol–water partition coefficient (Wildman–Crippen LogP) is 1.63. The molecular formula is C18H25N3O3. The number of nitrogens with one attached hydrogen (secondary N) is 1. The molecule has 1 aromatic carbocycles. The molecule has 0 aliphatic carbocycles. The van der Waals surface area contributed by atoms with Crippen LogP contribution in [0.25, 0.3) is 0 Å². The fraction of sp³-hybridized carbons (Fsp3) is 0.500. The van der Waals surface area contributed by atoms with Crippen LogP contribution >= 0.6 is 0 Å². The highest BCUT2D eigenvalue weighted by molar-refractivity contribution is 5.98. The molecule has 1 aliphatic rings. The molecule has 0 bridgehead atoms. The maximum atomic E-state index is 12.3. The lowest BCUT2D eigenvalue weighted by atomic mass is 10.1. The van der Waals surface area contributed by atoms with Gasteiger partial charge in [0.2, 0.25) is 11.8 Å². The van der Waals surface area contributed by atoms with E-state index in [-0.39, 0.29) is 29.9 Å². The van der Waals surface area contributed by atoms with E-state index in [2.05, 4.69) is 10.2 Å². The van der Waals surface area contributed by atoms with Gasteiger partial charge in [-0.2, -0.15) is 0 Å². The van der Waals surface area contributed by atoms with E-state index in [1.807, 2.05) is 14.1 Å². The van der Waals surface area contributed by atoms with Gasteiger partial charge in [-0.3, -0.25) is 14.4 Å². The number of hydrogen-bond donors (Lipinski definition) is 1.